The average molecular weight is 191 g/mol. The summed E-state index contributed by atoms with van der Waals surface area (Å²) in [5.41, 5.74) is 8.03. The van der Waals surface area contributed by atoms with Crippen molar-refractivity contribution in [2.24, 2.45) is 5.73 Å². The van der Waals surface area contributed by atoms with Gasteiger partial charge >= 0.3 is 0 Å². The highest BCUT2D eigenvalue weighted by Gasteiger charge is 2.30. The lowest BCUT2D eigenvalue weighted by Crippen LogP contribution is -2.39. The van der Waals surface area contributed by atoms with Crippen molar-refractivity contribution >= 4 is 0 Å². The summed E-state index contributed by atoms with van der Waals surface area (Å²) in [5.74, 6) is 0. The first kappa shape index (κ1) is 9.59. The molecule has 3 nitrogen and oxygen atoms in total. The monoisotopic (exact) mass is 191 g/mol. The summed E-state index contributed by atoms with van der Waals surface area (Å²) in [6.45, 7) is 1.95. The van der Waals surface area contributed by atoms with Gasteiger partial charge in [-0.3, -0.25) is 0 Å². The highest BCUT2D eigenvalue weighted by molar-refractivity contribution is 5.15. The van der Waals surface area contributed by atoms with Crippen molar-refractivity contribution < 1.29 is 0 Å². The Kier molecular flexibility index (Phi) is 2.50. The van der Waals surface area contributed by atoms with Crippen LogP contribution in [-0.4, -0.2) is 10.2 Å². The molecule has 0 aliphatic heterocycles. The molecule has 0 aromatic carbocycles. The third-order valence-corrected chi connectivity index (χ3v) is 3.05. The molecule has 1 fully saturated rings. The Bertz CT molecular complexity index is 299. The van der Waals surface area contributed by atoms with Crippen molar-refractivity contribution in [2.75, 3.05) is 0 Å². The van der Waals surface area contributed by atoms with Crippen LogP contribution in [0.4, 0.5) is 0 Å². The molecule has 0 atom stereocenters. The van der Waals surface area contributed by atoms with E-state index in [1.54, 1.807) is 0 Å². The van der Waals surface area contributed by atoms with Crippen molar-refractivity contribution in [1.29, 1.82) is 0 Å². The van der Waals surface area contributed by atoms with Crippen LogP contribution in [0.25, 0.3) is 0 Å². The van der Waals surface area contributed by atoms with Crippen molar-refractivity contribution in [1.82, 2.24) is 10.2 Å². The zero-order valence-corrected chi connectivity index (χ0v) is 8.66. The molecule has 1 aromatic rings. The van der Waals surface area contributed by atoms with E-state index in [4.69, 9.17) is 5.73 Å². The van der Waals surface area contributed by atoms with Gasteiger partial charge in [0, 0.05) is 0 Å². The Morgan fingerprint density at radius 3 is 2.43 bits per heavy atom. The molecule has 2 N–H and O–H groups in total. The van der Waals surface area contributed by atoms with Crippen molar-refractivity contribution in [3.63, 3.8) is 0 Å². The molecule has 1 aliphatic carbocycles. The molecule has 0 amide bonds. The number of hydrogen-bond donors (Lipinski definition) is 1. The van der Waals surface area contributed by atoms with E-state index >= 15 is 0 Å². The summed E-state index contributed by atoms with van der Waals surface area (Å²) in [5, 5.41) is 8.27. The fourth-order valence-corrected chi connectivity index (χ4v) is 2.10. The van der Waals surface area contributed by atoms with Crippen LogP contribution >= 0.6 is 0 Å². The summed E-state index contributed by atoms with van der Waals surface area (Å²) in [6.07, 6.45) is 5.83. The van der Waals surface area contributed by atoms with Crippen LogP contribution in [0.15, 0.2) is 12.1 Å². The molecule has 1 saturated carbocycles. The summed E-state index contributed by atoms with van der Waals surface area (Å²) in [6, 6.07) is 4.01. The minimum Gasteiger partial charge on any atom is -0.320 e. The normalized spacial score (nSPS) is 20.7. The molecule has 14 heavy (non-hydrogen) atoms. The van der Waals surface area contributed by atoms with E-state index in [1.807, 2.05) is 19.1 Å². The van der Waals surface area contributed by atoms with Crippen molar-refractivity contribution in [3.8, 4) is 0 Å². The first-order valence-electron chi connectivity index (χ1n) is 5.30. The van der Waals surface area contributed by atoms with E-state index in [-0.39, 0.29) is 5.54 Å². The SMILES string of the molecule is Cc1ccc(C2(N)CCCCC2)nn1. The summed E-state index contributed by atoms with van der Waals surface area (Å²) in [4.78, 5) is 0. The smallest absolute Gasteiger partial charge is 0.0829 e. The van der Waals surface area contributed by atoms with Gasteiger partial charge in [0.1, 0.15) is 0 Å². The maximum Gasteiger partial charge on any atom is 0.0829 e. The second-order valence-electron chi connectivity index (χ2n) is 4.28. The Morgan fingerprint density at radius 1 is 1.14 bits per heavy atom. The van der Waals surface area contributed by atoms with E-state index in [2.05, 4.69) is 10.2 Å². The highest BCUT2D eigenvalue weighted by Crippen LogP contribution is 2.33. The van der Waals surface area contributed by atoms with E-state index in [9.17, 15) is 0 Å². The fraction of sp³-hybridized carbons (Fsp3) is 0.636. The van der Waals surface area contributed by atoms with Crippen LogP contribution in [-0.2, 0) is 5.54 Å². The molecule has 3 heteroatoms. The predicted octanol–water partition coefficient (Wildman–Crippen LogP) is 1.90. The molecule has 1 aromatic heterocycles. The number of hydrogen-bond acceptors (Lipinski definition) is 3. The van der Waals surface area contributed by atoms with E-state index in [1.165, 1.54) is 19.3 Å². The molecular weight excluding hydrogens is 174 g/mol. The van der Waals surface area contributed by atoms with Gasteiger partial charge in [0.15, 0.2) is 0 Å². The van der Waals surface area contributed by atoms with Gasteiger partial charge in [-0.2, -0.15) is 10.2 Å². The average Bonchev–Trinajstić information content (AvgIpc) is 2.19. The fourth-order valence-electron chi connectivity index (χ4n) is 2.10. The van der Waals surface area contributed by atoms with Crippen LogP contribution in [0.2, 0.25) is 0 Å². The van der Waals surface area contributed by atoms with Gasteiger partial charge in [-0.05, 0) is 31.9 Å². The Hall–Kier alpha value is -0.960. The number of rotatable bonds is 1. The van der Waals surface area contributed by atoms with E-state index < -0.39 is 0 Å². The predicted molar refractivity (Wildman–Crippen MR) is 55.7 cm³/mol. The van der Waals surface area contributed by atoms with E-state index in [0.717, 1.165) is 24.2 Å². The molecule has 76 valence electrons. The van der Waals surface area contributed by atoms with Crippen molar-refractivity contribution in [2.45, 2.75) is 44.6 Å². The number of nitrogens with two attached hydrogens (primary N) is 1. The molecule has 0 saturated heterocycles. The quantitative estimate of drug-likeness (QED) is 0.737. The summed E-state index contributed by atoms with van der Waals surface area (Å²) in [7, 11) is 0. The van der Waals surface area contributed by atoms with Crippen LogP contribution in [0, 0.1) is 6.92 Å². The maximum absolute atomic E-state index is 6.33. The number of nitrogens with zero attached hydrogens (tertiary/aromatic N) is 2. The first-order chi connectivity index (χ1) is 6.71. The Labute approximate surface area is 84.7 Å². The van der Waals surface area contributed by atoms with Crippen LogP contribution in [0.3, 0.4) is 0 Å². The van der Waals surface area contributed by atoms with Gasteiger partial charge in [0.05, 0.1) is 16.9 Å². The Balaban J connectivity index is 2.23. The zero-order valence-electron chi connectivity index (χ0n) is 8.66. The van der Waals surface area contributed by atoms with Crippen LogP contribution < -0.4 is 5.73 Å². The third kappa shape index (κ3) is 1.77. The first-order valence-corrected chi connectivity index (χ1v) is 5.30. The van der Waals surface area contributed by atoms with Crippen LogP contribution in [0.1, 0.15) is 43.5 Å². The lowest BCUT2D eigenvalue weighted by atomic mass is 9.80. The standard InChI is InChI=1S/C11H17N3/c1-9-5-6-10(14-13-9)11(12)7-3-2-4-8-11/h5-6H,2-4,7-8,12H2,1H3. The molecule has 0 bridgehead atoms. The van der Waals surface area contributed by atoms with Crippen LogP contribution in [0.5, 0.6) is 0 Å². The highest BCUT2D eigenvalue weighted by atomic mass is 15.1. The van der Waals surface area contributed by atoms with Gasteiger partial charge in [-0.15, -0.1) is 0 Å². The molecule has 0 radical (unpaired) electrons. The van der Waals surface area contributed by atoms with E-state index in [0.29, 0.717) is 0 Å². The molecule has 1 heterocycles. The summed E-state index contributed by atoms with van der Waals surface area (Å²) < 4.78 is 0. The minimum absolute atomic E-state index is 0.209. The second kappa shape index (κ2) is 3.65. The largest absolute Gasteiger partial charge is 0.320 e. The zero-order chi connectivity index (χ0) is 10.0. The molecular formula is C11H17N3. The number of aromatic nitrogens is 2. The molecule has 1 aliphatic rings. The lowest BCUT2D eigenvalue weighted by molar-refractivity contribution is 0.292. The second-order valence-corrected chi connectivity index (χ2v) is 4.28. The maximum atomic E-state index is 6.33. The van der Waals surface area contributed by atoms with Gasteiger partial charge < -0.3 is 5.73 Å². The van der Waals surface area contributed by atoms with Gasteiger partial charge in [-0.1, -0.05) is 19.3 Å². The van der Waals surface area contributed by atoms with Gasteiger partial charge in [0.25, 0.3) is 0 Å². The minimum atomic E-state index is -0.209. The Morgan fingerprint density at radius 2 is 1.86 bits per heavy atom. The molecule has 2 rings (SSSR count). The third-order valence-electron chi connectivity index (χ3n) is 3.05. The molecule has 0 spiro atoms. The van der Waals surface area contributed by atoms with Crippen molar-refractivity contribution in [3.05, 3.63) is 23.5 Å². The number of aryl methyl sites for hydroxylation is 1. The summed E-state index contributed by atoms with van der Waals surface area (Å²) >= 11 is 0. The topological polar surface area (TPSA) is 51.8 Å². The molecule has 0 unspecified atom stereocenters. The van der Waals surface area contributed by atoms with Gasteiger partial charge in [-0.25, -0.2) is 0 Å². The lowest BCUT2D eigenvalue weighted by Gasteiger charge is -2.32. The van der Waals surface area contributed by atoms with Gasteiger partial charge in [0.2, 0.25) is 0 Å².